The number of aromatic nitrogens is 3. The zero-order chi connectivity index (χ0) is 28.4. The number of carbonyl (C=O) groups excluding carboxylic acids is 1. The fourth-order valence-corrected chi connectivity index (χ4v) is 6.12. The Bertz CT molecular complexity index is 1530. The Morgan fingerprint density at radius 1 is 1.10 bits per heavy atom. The maximum absolute atomic E-state index is 12.8. The number of rotatable bonds is 8. The molecule has 0 spiro atoms. The first-order valence-corrected chi connectivity index (χ1v) is 14.2. The third kappa shape index (κ3) is 5.75. The third-order valence-electron chi connectivity index (χ3n) is 8.25. The van der Waals surface area contributed by atoms with Crippen LogP contribution in [0.15, 0.2) is 48.5 Å². The summed E-state index contributed by atoms with van der Waals surface area (Å²) in [4.78, 5) is 15.4. The van der Waals surface area contributed by atoms with E-state index in [1.807, 2.05) is 14.0 Å². The van der Waals surface area contributed by atoms with E-state index >= 15 is 0 Å². The number of carbonyl (C=O) groups is 1. The Balaban J connectivity index is 1.49. The van der Waals surface area contributed by atoms with E-state index in [9.17, 15) is 4.79 Å². The second kappa shape index (κ2) is 11.8. The van der Waals surface area contributed by atoms with E-state index in [4.69, 9.17) is 9.47 Å². The molecule has 1 aromatic heterocycles. The highest BCUT2D eigenvalue weighted by molar-refractivity contribution is 5.80. The molecule has 1 aliphatic heterocycles. The van der Waals surface area contributed by atoms with Crippen molar-refractivity contribution in [2.24, 2.45) is 13.0 Å². The predicted molar refractivity (Wildman–Crippen MR) is 157 cm³/mol. The minimum absolute atomic E-state index is 0.138. The number of ether oxygens (including phenoxy) is 2. The molecule has 0 radical (unpaired) electrons. The van der Waals surface area contributed by atoms with Gasteiger partial charge in [-0.3, -0.25) is 9.69 Å². The highest BCUT2D eigenvalue weighted by atomic mass is 16.5. The molecule has 0 N–H and O–H groups in total. The van der Waals surface area contributed by atoms with Crippen molar-refractivity contribution < 1.29 is 14.3 Å². The molecule has 2 atom stereocenters. The number of methoxy groups -OCH3 is 1. The molecule has 2 heterocycles. The van der Waals surface area contributed by atoms with E-state index in [0.717, 1.165) is 59.5 Å². The Morgan fingerprint density at radius 3 is 2.70 bits per heavy atom. The van der Waals surface area contributed by atoms with E-state index in [1.54, 1.807) is 11.8 Å². The molecular formula is C33H40N4O3. The summed E-state index contributed by atoms with van der Waals surface area (Å²) in [6.45, 7) is 11.6. The topological polar surface area (TPSA) is 69.5 Å². The van der Waals surface area contributed by atoms with Crippen molar-refractivity contribution in [3.05, 3.63) is 87.5 Å². The Labute approximate surface area is 237 Å². The summed E-state index contributed by atoms with van der Waals surface area (Å²) in [7, 11) is 3.63. The van der Waals surface area contributed by atoms with Crippen LogP contribution in [0.2, 0.25) is 0 Å². The third-order valence-corrected chi connectivity index (χ3v) is 8.25. The zero-order valence-corrected chi connectivity index (χ0v) is 24.5. The molecule has 7 heteroatoms. The maximum atomic E-state index is 12.8. The smallest absolute Gasteiger partial charge is 0.306 e. The van der Waals surface area contributed by atoms with Gasteiger partial charge in [-0.05, 0) is 90.3 Å². The van der Waals surface area contributed by atoms with Crippen LogP contribution in [-0.2, 0) is 36.1 Å². The second-order valence-corrected chi connectivity index (χ2v) is 11.2. The monoisotopic (exact) mass is 540 g/mol. The van der Waals surface area contributed by atoms with E-state index < -0.39 is 0 Å². The van der Waals surface area contributed by atoms with Crippen LogP contribution in [-0.4, -0.2) is 46.1 Å². The molecular weight excluding hydrogens is 500 g/mol. The lowest BCUT2D eigenvalue weighted by Gasteiger charge is -2.25. The molecule has 2 unspecified atom stereocenters. The summed E-state index contributed by atoms with van der Waals surface area (Å²) >= 11 is 0. The number of fused-ring (bicyclic) bond motifs is 2. The Kier molecular flexibility index (Phi) is 8.22. The first-order valence-electron chi connectivity index (χ1n) is 14.2. The van der Waals surface area contributed by atoms with E-state index in [2.05, 4.69) is 84.5 Å². The lowest BCUT2D eigenvalue weighted by atomic mass is 9.84. The number of aryl methyl sites for hydroxylation is 3. The average Bonchev–Trinajstić information content (AvgIpc) is 3.23. The zero-order valence-electron chi connectivity index (χ0n) is 24.5. The SMILES string of the molecule is CCOC(=O)CC(c1ccc(C)c(CN2Cc3ccc(OC)cc3CC(C)C2)c1)c1ccc2c(nnn2C)c1C. The van der Waals surface area contributed by atoms with E-state index in [-0.39, 0.29) is 18.3 Å². The van der Waals surface area contributed by atoms with Gasteiger partial charge in [0.05, 0.1) is 25.7 Å². The van der Waals surface area contributed by atoms with Gasteiger partial charge in [0.2, 0.25) is 0 Å². The first-order chi connectivity index (χ1) is 19.3. The highest BCUT2D eigenvalue weighted by Gasteiger charge is 2.25. The number of nitrogens with zero attached hydrogens (tertiary/aromatic N) is 4. The van der Waals surface area contributed by atoms with E-state index in [0.29, 0.717) is 12.5 Å². The van der Waals surface area contributed by atoms with Crippen molar-refractivity contribution >= 4 is 17.0 Å². The quantitative estimate of drug-likeness (QED) is 0.260. The number of hydrogen-bond acceptors (Lipinski definition) is 6. The molecule has 4 aromatic rings. The molecule has 0 bridgehead atoms. The normalized spacial score (nSPS) is 16.4. The van der Waals surface area contributed by atoms with Crippen molar-refractivity contribution in [1.29, 1.82) is 0 Å². The largest absolute Gasteiger partial charge is 0.497 e. The van der Waals surface area contributed by atoms with Gasteiger partial charge in [0, 0.05) is 32.6 Å². The lowest BCUT2D eigenvalue weighted by Crippen LogP contribution is -2.26. The Morgan fingerprint density at radius 2 is 1.93 bits per heavy atom. The van der Waals surface area contributed by atoms with Crippen molar-refractivity contribution in [1.82, 2.24) is 19.9 Å². The maximum Gasteiger partial charge on any atom is 0.306 e. The number of esters is 1. The molecule has 5 rings (SSSR count). The van der Waals surface area contributed by atoms with Crippen LogP contribution >= 0.6 is 0 Å². The number of hydrogen-bond donors (Lipinski definition) is 0. The highest BCUT2D eigenvalue weighted by Crippen LogP contribution is 2.35. The van der Waals surface area contributed by atoms with Crippen LogP contribution in [0.25, 0.3) is 11.0 Å². The van der Waals surface area contributed by atoms with Gasteiger partial charge in [-0.15, -0.1) is 5.10 Å². The van der Waals surface area contributed by atoms with Crippen molar-refractivity contribution in [3.63, 3.8) is 0 Å². The van der Waals surface area contributed by atoms with Gasteiger partial charge in [-0.1, -0.05) is 42.5 Å². The molecule has 0 saturated carbocycles. The fraction of sp³-hybridized carbons (Fsp3) is 0.424. The van der Waals surface area contributed by atoms with Gasteiger partial charge < -0.3 is 9.47 Å². The molecule has 3 aromatic carbocycles. The van der Waals surface area contributed by atoms with Crippen LogP contribution in [0.1, 0.15) is 65.1 Å². The summed E-state index contributed by atoms with van der Waals surface area (Å²) in [6.07, 6.45) is 1.33. The molecule has 0 amide bonds. The summed E-state index contributed by atoms with van der Waals surface area (Å²) in [6, 6.07) is 17.3. The van der Waals surface area contributed by atoms with Crippen molar-refractivity contribution in [3.8, 4) is 5.75 Å². The second-order valence-electron chi connectivity index (χ2n) is 11.2. The van der Waals surface area contributed by atoms with Gasteiger partial charge in [0.1, 0.15) is 11.3 Å². The molecule has 40 heavy (non-hydrogen) atoms. The summed E-state index contributed by atoms with van der Waals surface area (Å²) < 4.78 is 12.7. The minimum Gasteiger partial charge on any atom is -0.497 e. The molecule has 0 fully saturated rings. The predicted octanol–water partition coefficient (Wildman–Crippen LogP) is 5.87. The van der Waals surface area contributed by atoms with Gasteiger partial charge >= 0.3 is 5.97 Å². The molecule has 7 nitrogen and oxygen atoms in total. The van der Waals surface area contributed by atoms with Gasteiger partial charge in [0.15, 0.2) is 0 Å². The van der Waals surface area contributed by atoms with Gasteiger partial charge in [-0.25, -0.2) is 4.68 Å². The van der Waals surface area contributed by atoms with Crippen LogP contribution in [0.3, 0.4) is 0 Å². The molecule has 210 valence electrons. The minimum atomic E-state index is -0.193. The van der Waals surface area contributed by atoms with E-state index in [1.165, 1.54) is 22.3 Å². The van der Waals surface area contributed by atoms with Gasteiger partial charge in [-0.2, -0.15) is 0 Å². The van der Waals surface area contributed by atoms with Crippen LogP contribution in [0.4, 0.5) is 0 Å². The molecule has 0 aliphatic carbocycles. The summed E-state index contributed by atoms with van der Waals surface area (Å²) in [5.41, 5.74) is 10.4. The lowest BCUT2D eigenvalue weighted by molar-refractivity contribution is -0.143. The van der Waals surface area contributed by atoms with Crippen LogP contribution in [0.5, 0.6) is 5.75 Å². The van der Waals surface area contributed by atoms with Crippen molar-refractivity contribution in [2.45, 2.75) is 59.5 Å². The van der Waals surface area contributed by atoms with Crippen LogP contribution in [0, 0.1) is 19.8 Å². The van der Waals surface area contributed by atoms with Gasteiger partial charge in [0.25, 0.3) is 0 Å². The summed E-state index contributed by atoms with van der Waals surface area (Å²) in [5, 5.41) is 8.62. The number of benzene rings is 3. The molecule has 0 saturated heterocycles. The fourth-order valence-electron chi connectivity index (χ4n) is 6.12. The molecule has 1 aliphatic rings. The van der Waals surface area contributed by atoms with Crippen molar-refractivity contribution in [2.75, 3.05) is 20.3 Å². The summed E-state index contributed by atoms with van der Waals surface area (Å²) in [5.74, 6) is 1.13. The first kappa shape index (κ1) is 27.8. The van der Waals surface area contributed by atoms with Crippen LogP contribution < -0.4 is 4.74 Å². The standard InChI is InChI=1S/C33H40N4O3/c1-7-40-32(38)17-30(29-12-13-31-33(23(29)4)34-35-36(31)5)24-9-8-22(3)27(15-24)20-37-18-21(2)14-26-16-28(39-6)11-10-25(26)19-37/h8-13,15-16,21,30H,7,14,17-20H2,1-6H3. The average molecular weight is 541 g/mol. The Hall–Kier alpha value is -3.71.